The standard InChI is InChI=1S/C16H30N2O/c1-6-8-17-16(13(2)3)15-7-9-18(12-15)10-11-19-14(4)5/h7,9,12-14,16-17H,6,8,10-11H2,1-5H3. The fourth-order valence-electron chi connectivity index (χ4n) is 2.21. The van der Waals surface area contributed by atoms with E-state index < -0.39 is 0 Å². The van der Waals surface area contributed by atoms with Crippen molar-refractivity contribution >= 4 is 0 Å². The summed E-state index contributed by atoms with van der Waals surface area (Å²) in [5, 5.41) is 3.63. The number of aromatic nitrogens is 1. The smallest absolute Gasteiger partial charge is 0.0648 e. The molecule has 1 N–H and O–H groups in total. The van der Waals surface area contributed by atoms with E-state index in [1.54, 1.807) is 0 Å². The van der Waals surface area contributed by atoms with Crippen LogP contribution in [0.25, 0.3) is 0 Å². The highest BCUT2D eigenvalue weighted by molar-refractivity contribution is 5.16. The highest BCUT2D eigenvalue weighted by atomic mass is 16.5. The zero-order valence-corrected chi connectivity index (χ0v) is 13.1. The summed E-state index contributed by atoms with van der Waals surface area (Å²) in [5.74, 6) is 0.606. The van der Waals surface area contributed by atoms with Gasteiger partial charge < -0.3 is 14.6 Å². The molecule has 0 aliphatic heterocycles. The predicted molar refractivity (Wildman–Crippen MR) is 81.4 cm³/mol. The largest absolute Gasteiger partial charge is 0.377 e. The van der Waals surface area contributed by atoms with Crippen molar-refractivity contribution in [2.24, 2.45) is 5.92 Å². The van der Waals surface area contributed by atoms with Crippen molar-refractivity contribution in [2.45, 2.75) is 59.7 Å². The van der Waals surface area contributed by atoms with Crippen LogP contribution in [0.1, 0.15) is 52.6 Å². The van der Waals surface area contributed by atoms with Gasteiger partial charge in [0.15, 0.2) is 0 Å². The van der Waals surface area contributed by atoms with Gasteiger partial charge in [-0.3, -0.25) is 0 Å². The zero-order chi connectivity index (χ0) is 14.3. The molecule has 1 atom stereocenters. The lowest BCUT2D eigenvalue weighted by Gasteiger charge is -2.21. The highest BCUT2D eigenvalue weighted by Crippen LogP contribution is 2.21. The van der Waals surface area contributed by atoms with E-state index in [-0.39, 0.29) is 0 Å². The predicted octanol–water partition coefficient (Wildman–Crippen LogP) is 3.61. The summed E-state index contributed by atoms with van der Waals surface area (Å²) in [6, 6.07) is 2.68. The third-order valence-electron chi connectivity index (χ3n) is 3.21. The molecule has 0 saturated carbocycles. The molecule has 0 saturated heterocycles. The first-order valence-corrected chi connectivity index (χ1v) is 7.55. The van der Waals surface area contributed by atoms with E-state index in [1.807, 2.05) is 0 Å². The monoisotopic (exact) mass is 266 g/mol. The van der Waals surface area contributed by atoms with Crippen LogP contribution in [-0.4, -0.2) is 23.8 Å². The molecule has 3 heteroatoms. The van der Waals surface area contributed by atoms with Crippen LogP contribution in [0.4, 0.5) is 0 Å². The van der Waals surface area contributed by atoms with E-state index in [9.17, 15) is 0 Å². The molecule has 0 radical (unpaired) electrons. The molecule has 1 aromatic heterocycles. The maximum atomic E-state index is 5.59. The van der Waals surface area contributed by atoms with Crippen LogP contribution >= 0.6 is 0 Å². The van der Waals surface area contributed by atoms with Gasteiger partial charge in [-0.05, 0) is 44.4 Å². The van der Waals surface area contributed by atoms with Crippen LogP contribution in [-0.2, 0) is 11.3 Å². The van der Waals surface area contributed by atoms with E-state index >= 15 is 0 Å². The van der Waals surface area contributed by atoms with Crippen LogP contribution in [0.3, 0.4) is 0 Å². The lowest BCUT2D eigenvalue weighted by atomic mass is 9.98. The quantitative estimate of drug-likeness (QED) is 0.739. The topological polar surface area (TPSA) is 26.2 Å². The fraction of sp³-hybridized carbons (Fsp3) is 0.750. The van der Waals surface area contributed by atoms with Crippen molar-refractivity contribution in [3.63, 3.8) is 0 Å². The first-order chi connectivity index (χ1) is 9.04. The van der Waals surface area contributed by atoms with E-state index in [4.69, 9.17) is 4.74 Å². The van der Waals surface area contributed by atoms with Crippen molar-refractivity contribution in [3.05, 3.63) is 24.0 Å². The summed E-state index contributed by atoms with van der Waals surface area (Å²) in [5.41, 5.74) is 1.38. The first kappa shape index (κ1) is 16.3. The van der Waals surface area contributed by atoms with Crippen molar-refractivity contribution in [1.29, 1.82) is 0 Å². The van der Waals surface area contributed by atoms with E-state index in [2.05, 4.69) is 63.0 Å². The van der Waals surface area contributed by atoms with Crippen LogP contribution in [0.15, 0.2) is 18.5 Å². The summed E-state index contributed by atoms with van der Waals surface area (Å²) in [6.45, 7) is 13.7. The highest BCUT2D eigenvalue weighted by Gasteiger charge is 2.15. The Morgan fingerprint density at radius 1 is 1.26 bits per heavy atom. The lowest BCUT2D eigenvalue weighted by Crippen LogP contribution is -2.26. The van der Waals surface area contributed by atoms with Gasteiger partial charge in [-0.25, -0.2) is 0 Å². The zero-order valence-electron chi connectivity index (χ0n) is 13.1. The molecule has 1 heterocycles. The Balaban J connectivity index is 2.54. The Kier molecular flexibility index (Phi) is 7.17. The molecule has 0 aliphatic rings. The second-order valence-corrected chi connectivity index (χ2v) is 5.78. The maximum absolute atomic E-state index is 5.59. The number of hydrogen-bond donors (Lipinski definition) is 1. The molecule has 1 unspecified atom stereocenters. The van der Waals surface area contributed by atoms with Gasteiger partial charge in [0.2, 0.25) is 0 Å². The SMILES string of the molecule is CCCNC(c1ccn(CCOC(C)C)c1)C(C)C. The van der Waals surface area contributed by atoms with Gasteiger partial charge in [-0.1, -0.05) is 20.8 Å². The molecule has 3 nitrogen and oxygen atoms in total. The third-order valence-corrected chi connectivity index (χ3v) is 3.21. The molecule has 0 fully saturated rings. The summed E-state index contributed by atoms with van der Waals surface area (Å²) >= 11 is 0. The van der Waals surface area contributed by atoms with Gasteiger partial charge in [0.1, 0.15) is 0 Å². The number of nitrogens with zero attached hydrogens (tertiary/aromatic N) is 1. The molecule has 0 spiro atoms. The summed E-state index contributed by atoms with van der Waals surface area (Å²) in [7, 11) is 0. The lowest BCUT2D eigenvalue weighted by molar-refractivity contribution is 0.0728. The van der Waals surface area contributed by atoms with Crippen molar-refractivity contribution in [3.8, 4) is 0 Å². The van der Waals surface area contributed by atoms with Crippen LogP contribution in [0.2, 0.25) is 0 Å². The molecule has 1 aromatic rings. The first-order valence-electron chi connectivity index (χ1n) is 7.55. The van der Waals surface area contributed by atoms with Gasteiger partial charge in [0.25, 0.3) is 0 Å². The Morgan fingerprint density at radius 2 is 2.00 bits per heavy atom. The Morgan fingerprint density at radius 3 is 2.58 bits per heavy atom. The Bertz CT molecular complexity index is 344. The van der Waals surface area contributed by atoms with E-state index in [0.29, 0.717) is 18.1 Å². The van der Waals surface area contributed by atoms with Gasteiger partial charge in [-0.2, -0.15) is 0 Å². The average molecular weight is 266 g/mol. The molecule has 110 valence electrons. The van der Waals surface area contributed by atoms with Crippen molar-refractivity contribution in [2.75, 3.05) is 13.2 Å². The normalized spacial score (nSPS) is 13.4. The average Bonchev–Trinajstić information content (AvgIpc) is 2.77. The van der Waals surface area contributed by atoms with Crippen molar-refractivity contribution in [1.82, 2.24) is 9.88 Å². The second-order valence-electron chi connectivity index (χ2n) is 5.78. The van der Waals surface area contributed by atoms with Crippen LogP contribution < -0.4 is 5.32 Å². The Labute approximate surface area is 118 Å². The number of nitrogens with one attached hydrogen (secondary N) is 1. The molecular formula is C16H30N2O. The second kappa shape index (κ2) is 8.39. The minimum Gasteiger partial charge on any atom is -0.377 e. The molecule has 0 aromatic carbocycles. The van der Waals surface area contributed by atoms with E-state index in [0.717, 1.165) is 19.7 Å². The molecule has 0 bridgehead atoms. The molecule has 0 aliphatic carbocycles. The molecule has 0 amide bonds. The minimum absolute atomic E-state index is 0.310. The summed E-state index contributed by atoms with van der Waals surface area (Å²) in [6.07, 6.45) is 5.88. The van der Waals surface area contributed by atoms with Crippen LogP contribution in [0.5, 0.6) is 0 Å². The molecular weight excluding hydrogens is 236 g/mol. The number of hydrogen-bond acceptors (Lipinski definition) is 2. The van der Waals surface area contributed by atoms with Gasteiger partial charge in [-0.15, -0.1) is 0 Å². The van der Waals surface area contributed by atoms with Crippen molar-refractivity contribution < 1.29 is 4.74 Å². The fourth-order valence-corrected chi connectivity index (χ4v) is 2.21. The minimum atomic E-state index is 0.310. The molecule has 1 rings (SSSR count). The number of ether oxygens (including phenoxy) is 1. The number of rotatable bonds is 9. The Hall–Kier alpha value is -0.800. The van der Waals surface area contributed by atoms with Gasteiger partial charge in [0.05, 0.1) is 12.7 Å². The van der Waals surface area contributed by atoms with Gasteiger partial charge in [0, 0.05) is 25.0 Å². The summed E-state index contributed by atoms with van der Waals surface area (Å²) < 4.78 is 7.81. The van der Waals surface area contributed by atoms with Gasteiger partial charge >= 0.3 is 0 Å². The molecule has 19 heavy (non-hydrogen) atoms. The third kappa shape index (κ3) is 5.79. The van der Waals surface area contributed by atoms with Crippen LogP contribution in [0, 0.1) is 5.92 Å². The maximum Gasteiger partial charge on any atom is 0.0648 e. The van der Waals surface area contributed by atoms with E-state index in [1.165, 1.54) is 12.0 Å². The summed E-state index contributed by atoms with van der Waals surface area (Å²) in [4.78, 5) is 0.